The molecule has 0 spiro atoms. The van der Waals surface area contributed by atoms with Gasteiger partial charge in [-0.25, -0.2) is 4.79 Å². The fraction of sp³-hybridized carbons (Fsp3) is 0.552. The van der Waals surface area contributed by atoms with Gasteiger partial charge in [0.1, 0.15) is 21.4 Å². The third-order valence-corrected chi connectivity index (χ3v) is 8.42. The van der Waals surface area contributed by atoms with Gasteiger partial charge in [0.2, 0.25) is 0 Å². The van der Waals surface area contributed by atoms with Gasteiger partial charge in [-0.1, -0.05) is 17.8 Å². The summed E-state index contributed by atoms with van der Waals surface area (Å²) in [5.41, 5.74) is 1.06. The summed E-state index contributed by atoms with van der Waals surface area (Å²) in [7, 11) is 1.60. The number of nitrogens with zero attached hydrogens (tertiary/aromatic N) is 6. The van der Waals surface area contributed by atoms with Crippen molar-refractivity contribution in [1.29, 1.82) is 0 Å². The molecule has 2 fully saturated rings. The maximum atomic E-state index is 13.2. The first-order valence-electron chi connectivity index (χ1n) is 14.0. The number of amides is 1. The van der Waals surface area contributed by atoms with Gasteiger partial charge in [0.05, 0.1) is 25.9 Å². The molecular weight excluding hydrogens is 528 g/mol. The summed E-state index contributed by atoms with van der Waals surface area (Å²) in [4.78, 5) is 34.6. The van der Waals surface area contributed by atoms with Crippen LogP contribution in [0.15, 0.2) is 41.6 Å². The normalized spacial score (nSPS) is 17.8. The monoisotopic (exact) mass is 566 g/mol. The van der Waals surface area contributed by atoms with Crippen LogP contribution in [-0.2, 0) is 11.3 Å². The van der Waals surface area contributed by atoms with Crippen LogP contribution in [0.5, 0.6) is 5.75 Å². The van der Waals surface area contributed by atoms with Crippen molar-refractivity contribution in [2.24, 2.45) is 5.92 Å². The van der Waals surface area contributed by atoms with Crippen LogP contribution in [0.3, 0.4) is 0 Å². The van der Waals surface area contributed by atoms with Crippen molar-refractivity contribution in [3.05, 3.63) is 52.2 Å². The van der Waals surface area contributed by atoms with E-state index in [1.807, 2.05) is 44.0 Å². The van der Waals surface area contributed by atoms with Crippen LogP contribution in [0.4, 0.5) is 10.5 Å². The minimum atomic E-state index is -0.535. The summed E-state index contributed by atoms with van der Waals surface area (Å²) in [6, 6.07) is 5.57. The fourth-order valence-electron chi connectivity index (χ4n) is 5.14. The summed E-state index contributed by atoms with van der Waals surface area (Å²) in [6.07, 6.45) is 10.4. The lowest BCUT2D eigenvalue weighted by Crippen LogP contribution is -2.53. The van der Waals surface area contributed by atoms with Crippen LogP contribution in [0.2, 0.25) is 0 Å². The summed E-state index contributed by atoms with van der Waals surface area (Å²) in [5.74, 6) is 1.20. The number of hydrogen-bond donors (Lipinski definition) is 0. The Kier molecular flexibility index (Phi) is 8.39. The van der Waals surface area contributed by atoms with E-state index in [1.165, 1.54) is 30.6 Å². The van der Waals surface area contributed by atoms with Crippen LogP contribution in [0, 0.1) is 5.92 Å². The first-order chi connectivity index (χ1) is 19.2. The molecule has 5 rings (SSSR count). The van der Waals surface area contributed by atoms with Gasteiger partial charge < -0.3 is 23.8 Å². The average molecular weight is 567 g/mol. The molecular formula is C29H38N6O4S. The summed E-state index contributed by atoms with van der Waals surface area (Å²) in [6.45, 7) is 8.34. The summed E-state index contributed by atoms with van der Waals surface area (Å²) < 4.78 is 12.7. The Labute approximate surface area is 239 Å². The predicted octanol–water partition coefficient (Wildman–Crippen LogP) is 4.82. The van der Waals surface area contributed by atoms with Crippen molar-refractivity contribution in [3.8, 4) is 16.3 Å². The molecule has 0 N–H and O–H groups in total. The highest BCUT2D eigenvalue weighted by atomic mass is 32.1. The largest absolute Gasteiger partial charge is 0.495 e. The molecule has 40 heavy (non-hydrogen) atoms. The Balaban J connectivity index is 1.27. The summed E-state index contributed by atoms with van der Waals surface area (Å²) >= 11 is 1.42. The van der Waals surface area contributed by atoms with Crippen molar-refractivity contribution in [3.63, 3.8) is 0 Å². The lowest BCUT2D eigenvalue weighted by atomic mass is 9.84. The molecule has 0 radical (unpaired) electrons. The van der Waals surface area contributed by atoms with Gasteiger partial charge in [0, 0.05) is 49.3 Å². The average Bonchev–Trinajstić information content (AvgIpc) is 3.37. The quantitative estimate of drug-likeness (QED) is 0.382. The minimum absolute atomic E-state index is 0.0533. The Morgan fingerprint density at radius 3 is 2.67 bits per heavy atom. The highest BCUT2D eigenvalue weighted by Crippen LogP contribution is 2.31. The second-order valence-electron chi connectivity index (χ2n) is 11.6. The molecule has 0 unspecified atom stereocenters. The predicted molar refractivity (Wildman–Crippen MR) is 155 cm³/mol. The molecule has 10 nitrogen and oxygen atoms in total. The molecule has 11 heteroatoms. The molecule has 214 valence electrons. The zero-order valence-electron chi connectivity index (χ0n) is 23.7. The van der Waals surface area contributed by atoms with Crippen molar-refractivity contribution < 1.29 is 14.3 Å². The molecule has 1 aliphatic carbocycles. The highest BCUT2D eigenvalue weighted by Gasteiger charge is 2.34. The van der Waals surface area contributed by atoms with E-state index < -0.39 is 5.60 Å². The third kappa shape index (κ3) is 6.80. The van der Waals surface area contributed by atoms with Crippen molar-refractivity contribution in [2.75, 3.05) is 31.6 Å². The first kappa shape index (κ1) is 28.1. The smallest absolute Gasteiger partial charge is 0.410 e. The van der Waals surface area contributed by atoms with E-state index in [2.05, 4.69) is 20.1 Å². The molecule has 1 amide bonds. The number of carbonyl (C=O) groups is 1. The lowest BCUT2D eigenvalue weighted by Gasteiger charge is -2.43. The SMILES string of the molecule is COc1cncc(-c2nnc(Cn3ccc(N4CCC[C@@H](N(CC5CCC5)C(=O)OC(C)(C)C)C4)cc3=O)s2)c1. The zero-order valence-corrected chi connectivity index (χ0v) is 24.5. The van der Waals surface area contributed by atoms with E-state index in [-0.39, 0.29) is 17.7 Å². The molecule has 1 saturated carbocycles. The topological polar surface area (TPSA) is 103 Å². The van der Waals surface area contributed by atoms with E-state index in [4.69, 9.17) is 9.47 Å². The van der Waals surface area contributed by atoms with Crippen LogP contribution in [0.1, 0.15) is 57.9 Å². The van der Waals surface area contributed by atoms with Gasteiger partial charge in [-0.15, -0.1) is 10.2 Å². The Morgan fingerprint density at radius 1 is 1.15 bits per heavy atom. The Bertz CT molecular complexity index is 1380. The number of methoxy groups -OCH3 is 1. The fourth-order valence-corrected chi connectivity index (χ4v) is 5.96. The van der Waals surface area contributed by atoms with Gasteiger partial charge in [-0.3, -0.25) is 9.78 Å². The standard InChI is InChI=1S/C29H38N6O4S/c1-29(2,3)39-28(37)35(17-20-7-5-8-20)23-9-6-11-33(18-23)22-10-12-34(26(36)14-22)19-25-31-32-27(40-25)21-13-24(38-4)16-30-15-21/h10,12-16,20,23H,5-9,11,17-19H2,1-4H3/t23-/m1/s1. The zero-order chi connectivity index (χ0) is 28.3. The highest BCUT2D eigenvalue weighted by molar-refractivity contribution is 7.14. The van der Waals surface area contributed by atoms with Gasteiger partial charge in [0.25, 0.3) is 5.56 Å². The van der Waals surface area contributed by atoms with Crippen LogP contribution in [0.25, 0.3) is 10.6 Å². The number of hydrogen-bond acceptors (Lipinski definition) is 9. The molecule has 2 aliphatic rings. The molecule has 4 heterocycles. The number of carbonyl (C=O) groups excluding carboxylic acids is 1. The third-order valence-electron chi connectivity index (χ3n) is 7.46. The molecule has 0 aromatic carbocycles. The maximum absolute atomic E-state index is 13.2. The van der Waals surface area contributed by atoms with Gasteiger partial charge in [-0.05, 0) is 64.5 Å². The molecule has 1 atom stereocenters. The Hall–Kier alpha value is -3.47. The van der Waals surface area contributed by atoms with E-state index in [1.54, 1.807) is 30.1 Å². The van der Waals surface area contributed by atoms with Crippen LogP contribution >= 0.6 is 11.3 Å². The number of piperidine rings is 1. The van der Waals surface area contributed by atoms with Crippen molar-refractivity contribution >= 4 is 23.1 Å². The van der Waals surface area contributed by atoms with Crippen LogP contribution < -0.4 is 15.2 Å². The maximum Gasteiger partial charge on any atom is 0.410 e. The van der Waals surface area contributed by atoms with E-state index in [0.717, 1.165) is 47.2 Å². The van der Waals surface area contributed by atoms with Crippen LogP contribution in [-0.4, -0.2) is 69.1 Å². The molecule has 0 bridgehead atoms. The number of aromatic nitrogens is 4. The molecule has 3 aromatic rings. The minimum Gasteiger partial charge on any atom is -0.495 e. The molecule has 3 aromatic heterocycles. The van der Waals surface area contributed by atoms with Gasteiger partial charge in [0.15, 0.2) is 0 Å². The lowest BCUT2D eigenvalue weighted by molar-refractivity contribution is 0.00736. The summed E-state index contributed by atoms with van der Waals surface area (Å²) in [5, 5.41) is 10.0. The van der Waals surface area contributed by atoms with Crippen molar-refractivity contribution in [2.45, 2.75) is 71.1 Å². The number of anilines is 1. The second kappa shape index (κ2) is 12.0. The number of pyridine rings is 2. The number of ether oxygens (including phenoxy) is 2. The molecule has 1 aliphatic heterocycles. The van der Waals surface area contributed by atoms with E-state index >= 15 is 0 Å². The van der Waals surface area contributed by atoms with Gasteiger partial charge in [-0.2, -0.15) is 0 Å². The first-order valence-corrected chi connectivity index (χ1v) is 14.8. The second-order valence-corrected chi connectivity index (χ2v) is 12.7. The molecule has 1 saturated heterocycles. The van der Waals surface area contributed by atoms with E-state index in [0.29, 0.717) is 24.8 Å². The number of rotatable bonds is 8. The van der Waals surface area contributed by atoms with Crippen molar-refractivity contribution in [1.82, 2.24) is 24.6 Å². The Morgan fingerprint density at radius 2 is 1.98 bits per heavy atom. The van der Waals surface area contributed by atoms with Gasteiger partial charge >= 0.3 is 6.09 Å². The van der Waals surface area contributed by atoms with E-state index in [9.17, 15) is 9.59 Å².